The van der Waals surface area contributed by atoms with Crippen molar-refractivity contribution in [1.82, 2.24) is 5.32 Å². The van der Waals surface area contributed by atoms with Crippen molar-refractivity contribution in [3.8, 4) is 0 Å². The summed E-state index contributed by atoms with van der Waals surface area (Å²) in [4.78, 5) is 21.8. The molecule has 0 bridgehead atoms. The molecule has 1 amide bonds. The fourth-order valence-electron chi connectivity index (χ4n) is 0.690. The van der Waals surface area contributed by atoms with Crippen molar-refractivity contribution in [2.45, 2.75) is 20.8 Å². The van der Waals surface area contributed by atoms with Crippen molar-refractivity contribution in [2.24, 2.45) is 5.73 Å². The first-order valence-corrected chi connectivity index (χ1v) is 3.90. The molecule has 0 heterocycles. The second-order valence-corrected chi connectivity index (χ2v) is 2.46. The highest BCUT2D eigenvalue weighted by molar-refractivity contribution is 5.93. The number of rotatable bonds is 3. The van der Waals surface area contributed by atoms with Crippen molar-refractivity contribution in [2.75, 3.05) is 6.61 Å². The molecule has 0 rings (SSSR count). The first kappa shape index (κ1) is 11.5. The van der Waals surface area contributed by atoms with Crippen LogP contribution in [0.2, 0.25) is 0 Å². The molecule has 0 aliphatic carbocycles. The lowest BCUT2D eigenvalue weighted by molar-refractivity contribution is -0.140. The second kappa shape index (κ2) is 5.18. The molecule has 5 heteroatoms. The molecule has 13 heavy (non-hydrogen) atoms. The van der Waals surface area contributed by atoms with Gasteiger partial charge in [0.25, 0.3) is 0 Å². The predicted molar refractivity (Wildman–Crippen MR) is 47.3 cm³/mol. The maximum atomic E-state index is 11.1. The summed E-state index contributed by atoms with van der Waals surface area (Å²) in [5.74, 6) is -0.967. The van der Waals surface area contributed by atoms with E-state index in [1.807, 2.05) is 0 Å². The fraction of sp³-hybridized carbons (Fsp3) is 0.500. The highest BCUT2D eigenvalue weighted by Crippen LogP contribution is 1.97. The number of nitrogens with one attached hydrogen (secondary N) is 1. The summed E-state index contributed by atoms with van der Waals surface area (Å²) in [6.45, 7) is 4.73. The van der Waals surface area contributed by atoms with Gasteiger partial charge >= 0.3 is 5.97 Å². The molecule has 0 atom stereocenters. The number of allylic oxidation sites excluding steroid dienone is 1. The Kier molecular flexibility index (Phi) is 4.58. The van der Waals surface area contributed by atoms with Crippen LogP contribution in [-0.2, 0) is 14.3 Å². The van der Waals surface area contributed by atoms with E-state index in [1.165, 1.54) is 13.8 Å². The number of amides is 1. The Morgan fingerprint density at radius 2 is 1.92 bits per heavy atom. The maximum Gasteiger partial charge on any atom is 0.356 e. The van der Waals surface area contributed by atoms with E-state index in [1.54, 1.807) is 6.92 Å². The van der Waals surface area contributed by atoms with Gasteiger partial charge in [-0.1, -0.05) is 0 Å². The van der Waals surface area contributed by atoms with Crippen LogP contribution in [0.1, 0.15) is 20.8 Å². The molecule has 0 aromatic rings. The number of hydrogen-bond acceptors (Lipinski definition) is 4. The minimum Gasteiger partial charge on any atom is -0.461 e. The lowest BCUT2D eigenvalue weighted by Gasteiger charge is -2.08. The van der Waals surface area contributed by atoms with E-state index >= 15 is 0 Å². The Bertz CT molecular complexity index is 242. The van der Waals surface area contributed by atoms with Crippen molar-refractivity contribution >= 4 is 11.9 Å². The number of carbonyl (C=O) groups excluding carboxylic acids is 2. The Balaban J connectivity index is 4.54. The quantitative estimate of drug-likeness (QED) is 0.475. The van der Waals surface area contributed by atoms with Gasteiger partial charge in [0, 0.05) is 12.6 Å². The van der Waals surface area contributed by atoms with E-state index in [0.717, 1.165) is 0 Å². The van der Waals surface area contributed by atoms with E-state index in [-0.39, 0.29) is 23.9 Å². The van der Waals surface area contributed by atoms with Gasteiger partial charge in [0.05, 0.1) is 6.61 Å². The minimum absolute atomic E-state index is 0.00866. The standard InChI is InChI=1S/C8H14N2O3/c1-4-13-8(12)7(5(2)9)10-6(3)11/h4,9H2,1-3H3,(H,10,11). The van der Waals surface area contributed by atoms with Crippen molar-refractivity contribution < 1.29 is 14.3 Å². The van der Waals surface area contributed by atoms with Crippen LogP contribution in [0.3, 0.4) is 0 Å². The van der Waals surface area contributed by atoms with E-state index in [0.29, 0.717) is 0 Å². The largest absolute Gasteiger partial charge is 0.461 e. The van der Waals surface area contributed by atoms with Gasteiger partial charge in [-0.05, 0) is 13.8 Å². The molecule has 0 aromatic carbocycles. The Morgan fingerprint density at radius 1 is 1.38 bits per heavy atom. The average molecular weight is 186 g/mol. The zero-order valence-electron chi connectivity index (χ0n) is 8.01. The Morgan fingerprint density at radius 3 is 2.23 bits per heavy atom. The molecule has 0 saturated heterocycles. The summed E-state index contributed by atoms with van der Waals surface area (Å²) >= 11 is 0. The summed E-state index contributed by atoms with van der Waals surface area (Å²) in [6, 6.07) is 0. The smallest absolute Gasteiger partial charge is 0.356 e. The van der Waals surface area contributed by atoms with Gasteiger partial charge in [-0.2, -0.15) is 0 Å². The molecule has 0 aliphatic rings. The van der Waals surface area contributed by atoms with Crippen LogP contribution >= 0.6 is 0 Å². The van der Waals surface area contributed by atoms with Crippen molar-refractivity contribution in [1.29, 1.82) is 0 Å². The third kappa shape index (κ3) is 4.15. The van der Waals surface area contributed by atoms with E-state index in [2.05, 4.69) is 10.1 Å². The molecule has 3 N–H and O–H groups in total. The monoisotopic (exact) mass is 186 g/mol. The molecular formula is C8H14N2O3. The van der Waals surface area contributed by atoms with Gasteiger partial charge < -0.3 is 15.8 Å². The summed E-state index contributed by atoms with van der Waals surface area (Å²) in [5.41, 5.74) is 5.62. The highest BCUT2D eigenvalue weighted by atomic mass is 16.5. The molecule has 0 unspecified atom stereocenters. The van der Waals surface area contributed by atoms with E-state index in [4.69, 9.17) is 5.73 Å². The molecular weight excluding hydrogens is 172 g/mol. The normalized spacial score (nSPS) is 11.6. The lowest BCUT2D eigenvalue weighted by Crippen LogP contribution is -2.29. The molecule has 0 aliphatic heterocycles. The van der Waals surface area contributed by atoms with Gasteiger partial charge in [0.1, 0.15) is 5.70 Å². The van der Waals surface area contributed by atoms with Gasteiger partial charge in [0.15, 0.2) is 0 Å². The molecule has 0 radical (unpaired) electrons. The first-order valence-electron chi connectivity index (χ1n) is 3.90. The Labute approximate surface area is 76.9 Å². The number of carbonyl (C=O) groups is 2. The topological polar surface area (TPSA) is 81.4 Å². The third-order valence-corrected chi connectivity index (χ3v) is 1.17. The number of esters is 1. The van der Waals surface area contributed by atoms with Crippen LogP contribution in [0.25, 0.3) is 0 Å². The molecule has 0 aromatic heterocycles. The van der Waals surface area contributed by atoms with Crippen LogP contribution < -0.4 is 11.1 Å². The number of hydrogen-bond donors (Lipinski definition) is 2. The SMILES string of the molecule is CCOC(=O)C(NC(C)=O)=C(C)N. The average Bonchev–Trinajstić information content (AvgIpc) is 1.99. The summed E-state index contributed by atoms with van der Waals surface area (Å²) in [6.07, 6.45) is 0. The Hall–Kier alpha value is -1.52. The van der Waals surface area contributed by atoms with Gasteiger partial charge in [-0.15, -0.1) is 0 Å². The predicted octanol–water partition coefficient (Wildman–Crippen LogP) is -0.124. The van der Waals surface area contributed by atoms with Gasteiger partial charge in [-0.25, -0.2) is 4.79 Å². The minimum atomic E-state index is -0.613. The summed E-state index contributed by atoms with van der Waals surface area (Å²) < 4.78 is 4.67. The van der Waals surface area contributed by atoms with Crippen molar-refractivity contribution in [3.63, 3.8) is 0 Å². The molecule has 74 valence electrons. The van der Waals surface area contributed by atoms with Gasteiger partial charge in [-0.3, -0.25) is 4.79 Å². The molecule has 5 nitrogen and oxygen atoms in total. The van der Waals surface area contributed by atoms with E-state index in [9.17, 15) is 9.59 Å². The molecule has 0 spiro atoms. The number of nitrogens with two attached hydrogens (primary N) is 1. The van der Waals surface area contributed by atoms with Crippen molar-refractivity contribution in [3.05, 3.63) is 11.4 Å². The van der Waals surface area contributed by atoms with Crippen LogP contribution in [0.5, 0.6) is 0 Å². The second-order valence-electron chi connectivity index (χ2n) is 2.46. The van der Waals surface area contributed by atoms with Crippen LogP contribution in [0.4, 0.5) is 0 Å². The highest BCUT2D eigenvalue weighted by Gasteiger charge is 2.13. The summed E-state index contributed by atoms with van der Waals surface area (Å²) in [5, 5.41) is 2.31. The van der Waals surface area contributed by atoms with Crippen LogP contribution in [-0.4, -0.2) is 18.5 Å². The molecule has 0 saturated carbocycles. The maximum absolute atomic E-state index is 11.1. The fourth-order valence-corrected chi connectivity index (χ4v) is 0.690. The third-order valence-electron chi connectivity index (χ3n) is 1.17. The zero-order chi connectivity index (χ0) is 10.4. The van der Waals surface area contributed by atoms with E-state index < -0.39 is 5.97 Å². The van der Waals surface area contributed by atoms with Crippen LogP contribution in [0.15, 0.2) is 11.4 Å². The van der Waals surface area contributed by atoms with Crippen LogP contribution in [0, 0.1) is 0 Å². The summed E-state index contributed by atoms with van der Waals surface area (Å²) in [7, 11) is 0. The lowest BCUT2D eigenvalue weighted by atomic mass is 10.3. The zero-order valence-corrected chi connectivity index (χ0v) is 8.01. The molecule has 0 fully saturated rings. The van der Waals surface area contributed by atoms with Gasteiger partial charge in [0.2, 0.25) is 5.91 Å². The first-order chi connectivity index (χ1) is 5.99. The number of ether oxygens (including phenoxy) is 1.